The quantitative estimate of drug-likeness (QED) is 0.446. The first kappa shape index (κ1) is 10.1. The number of nitroso groups, excluding NO2 is 1. The maximum Gasteiger partial charge on any atom is 0.130 e. The van der Waals surface area contributed by atoms with Crippen LogP contribution in [-0.2, 0) is 4.79 Å². The van der Waals surface area contributed by atoms with Gasteiger partial charge in [-0.25, -0.2) is 0 Å². The van der Waals surface area contributed by atoms with Gasteiger partial charge in [-0.3, -0.25) is 5.01 Å². The Morgan fingerprint density at radius 3 is 2.55 bits per heavy atom. The molecule has 0 aliphatic heterocycles. The van der Waals surface area contributed by atoms with E-state index in [1.54, 1.807) is 14.0 Å². The highest BCUT2D eigenvalue weighted by Gasteiger charge is 2.07. The molecule has 0 rings (SSSR count). The lowest BCUT2D eigenvalue weighted by atomic mass is 10.1. The Balaban J connectivity index is 3.59. The lowest BCUT2D eigenvalue weighted by molar-refractivity contribution is -0.117. The van der Waals surface area contributed by atoms with Gasteiger partial charge in [-0.05, 0) is 12.8 Å². The van der Waals surface area contributed by atoms with Crippen molar-refractivity contribution in [3.8, 4) is 0 Å². The average Bonchev–Trinajstić information content (AvgIpc) is 1.85. The molecule has 0 radical (unpaired) electrons. The Morgan fingerprint density at radius 2 is 2.18 bits per heavy atom. The molecule has 0 aromatic rings. The number of carbonyl (C=O) groups excluding carboxylic acids is 1. The number of hydrogen-bond acceptors (Lipinski definition) is 3. The van der Waals surface area contributed by atoms with Gasteiger partial charge in [0.05, 0.1) is 5.29 Å². The van der Waals surface area contributed by atoms with E-state index < -0.39 is 0 Å². The van der Waals surface area contributed by atoms with Crippen LogP contribution < -0.4 is 0 Å². The smallest absolute Gasteiger partial charge is 0.130 e. The molecule has 0 bridgehead atoms. The summed E-state index contributed by atoms with van der Waals surface area (Å²) in [6, 6.07) is 0. The van der Waals surface area contributed by atoms with E-state index in [0.717, 1.165) is 0 Å². The maximum absolute atomic E-state index is 10.6. The minimum atomic E-state index is 0.150. The van der Waals surface area contributed by atoms with Crippen molar-refractivity contribution in [3.05, 3.63) is 4.91 Å². The molecule has 0 aromatic carbocycles. The third-order valence-corrected chi connectivity index (χ3v) is 1.35. The molecule has 0 saturated carbocycles. The minimum Gasteiger partial charge on any atom is -0.300 e. The number of Topliss-reactive ketones (excluding diaryl/α,β-unsaturated/α-hetero) is 1. The third kappa shape index (κ3) is 5.51. The summed E-state index contributed by atoms with van der Waals surface area (Å²) in [5, 5.41) is 4.01. The minimum absolute atomic E-state index is 0.150. The molecule has 0 spiro atoms. The van der Waals surface area contributed by atoms with Crippen molar-refractivity contribution in [2.45, 2.75) is 20.3 Å². The SMILES string of the molecule is CC(=O)CC(C)CN(C)N=O. The Kier molecular flexibility index (Phi) is 4.41. The highest BCUT2D eigenvalue weighted by Crippen LogP contribution is 2.03. The van der Waals surface area contributed by atoms with Crippen molar-refractivity contribution >= 4 is 5.78 Å². The fourth-order valence-electron chi connectivity index (χ4n) is 1.04. The van der Waals surface area contributed by atoms with Crippen molar-refractivity contribution in [2.24, 2.45) is 11.2 Å². The first-order valence-electron chi connectivity index (χ1n) is 3.60. The van der Waals surface area contributed by atoms with Crippen LogP contribution in [0, 0.1) is 10.8 Å². The number of rotatable bonds is 5. The van der Waals surface area contributed by atoms with Crippen molar-refractivity contribution in [3.63, 3.8) is 0 Å². The van der Waals surface area contributed by atoms with Crippen LogP contribution in [0.1, 0.15) is 20.3 Å². The summed E-state index contributed by atoms with van der Waals surface area (Å²) in [6.45, 7) is 4.01. The Bertz CT molecular complexity index is 147. The molecule has 4 heteroatoms. The van der Waals surface area contributed by atoms with Crippen molar-refractivity contribution in [1.82, 2.24) is 5.01 Å². The van der Waals surface area contributed by atoms with E-state index in [4.69, 9.17) is 0 Å². The van der Waals surface area contributed by atoms with Crippen LogP contribution in [0.25, 0.3) is 0 Å². The van der Waals surface area contributed by atoms with Crippen LogP contribution in [-0.4, -0.2) is 24.4 Å². The fraction of sp³-hybridized carbons (Fsp3) is 0.857. The van der Waals surface area contributed by atoms with E-state index >= 15 is 0 Å². The predicted octanol–water partition coefficient (Wildman–Crippen LogP) is 1.21. The van der Waals surface area contributed by atoms with E-state index in [2.05, 4.69) is 5.29 Å². The highest BCUT2D eigenvalue weighted by molar-refractivity contribution is 5.75. The zero-order chi connectivity index (χ0) is 8.85. The molecule has 11 heavy (non-hydrogen) atoms. The molecule has 0 N–H and O–H groups in total. The average molecular weight is 158 g/mol. The van der Waals surface area contributed by atoms with Gasteiger partial charge in [0.1, 0.15) is 5.78 Å². The molecule has 0 aliphatic carbocycles. The van der Waals surface area contributed by atoms with Gasteiger partial charge in [0.2, 0.25) is 0 Å². The number of carbonyl (C=O) groups is 1. The molecule has 0 amide bonds. The van der Waals surface area contributed by atoms with Crippen molar-refractivity contribution in [2.75, 3.05) is 13.6 Å². The Hall–Kier alpha value is -0.930. The summed E-state index contributed by atoms with van der Waals surface area (Å²) in [4.78, 5) is 20.5. The molecule has 64 valence electrons. The van der Waals surface area contributed by atoms with Crippen LogP contribution >= 0.6 is 0 Å². The molecule has 0 aromatic heterocycles. The topological polar surface area (TPSA) is 49.7 Å². The summed E-state index contributed by atoms with van der Waals surface area (Å²) in [7, 11) is 1.60. The van der Waals surface area contributed by atoms with Crippen LogP contribution in [0.5, 0.6) is 0 Å². The lowest BCUT2D eigenvalue weighted by Gasteiger charge is -2.13. The zero-order valence-corrected chi connectivity index (χ0v) is 7.20. The van der Waals surface area contributed by atoms with Gasteiger partial charge in [0.25, 0.3) is 0 Å². The molecule has 1 unspecified atom stereocenters. The molecule has 1 atom stereocenters. The van der Waals surface area contributed by atoms with Crippen LogP contribution in [0.15, 0.2) is 5.29 Å². The summed E-state index contributed by atoms with van der Waals surface area (Å²) >= 11 is 0. The summed E-state index contributed by atoms with van der Waals surface area (Å²) in [5.74, 6) is 0.354. The molecule has 0 fully saturated rings. The molecule has 0 saturated heterocycles. The van der Waals surface area contributed by atoms with Gasteiger partial charge < -0.3 is 4.79 Å². The summed E-state index contributed by atoms with van der Waals surface area (Å²) in [5.41, 5.74) is 0. The predicted molar refractivity (Wildman–Crippen MR) is 42.9 cm³/mol. The standard InChI is InChI=1S/C7H14N2O2/c1-6(4-7(2)10)5-9(3)8-11/h6H,4-5H2,1-3H3. The Morgan fingerprint density at radius 1 is 1.64 bits per heavy atom. The largest absolute Gasteiger partial charge is 0.300 e. The summed E-state index contributed by atoms with van der Waals surface area (Å²) in [6.07, 6.45) is 0.514. The first-order valence-corrected chi connectivity index (χ1v) is 3.60. The Labute approximate surface area is 66.5 Å². The van der Waals surface area contributed by atoms with Crippen molar-refractivity contribution in [1.29, 1.82) is 0 Å². The molecular weight excluding hydrogens is 144 g/mol. The van der Waals surface area contributed by atoms with Crippen molar-refractivity contribution < 1.29 is 4.79 Å². The molecule has 0 heterocycles. The van der Waals surface area contributed by atoms with E-state index in [0.29, 0.717) is 13.0 Å². The molecular formula is C7H14N2O2. The van der Waals surface area contributed by atoms with Gasteiger partial charge in [0, 0.05) is 20.0 Å². The second-order valence-electron chi connectivity index (χ2n) is 2.93. The van der Waals surface area contributed by atoms with Crippen LogP contribution in [0.3, 0.4) is 0 Å². The number of hydrogen-bond donors (Lipinski definition) is 0. The second kappa shape index (κ2) is 4.82. The van der Waals surface area contributed by atoms with E-state index in [1.165, 1.54) is 5.01 Å². The third-order valence-electron chi connectivity index (χ3n) is 1.35. The summed E-state index contributed by atoms with van der Waals surface area (Å²) < 4.78 is 0. The number of ketones is 1. The zero-order valence-electron chi connectivity index (χ0n) is 7.20. The van der Waals surface area contributed by atoms with E-state index in [-0.39, 0.29) is 11.7 Å². The highest BCUT2D eigenvalue weighted by atomic mass is 16.3. The first-order chi connectivity index (χ1) is 5.06. The van der Waals surface area contributed by atoms with Gasteiger partial charge in [-0.2, -0.15) is 0 Å². The molecule has 4 nitrogen and oxygen atoms in total. The van der Waals surface area contributed by atoms with Crippen LogP contribution in [0.4, 0.5) is 0 Å². The maximum atomic E-state index is 10.6. The second-order valence-corrected chi connectivity index (χ2v) is 2.93. The normalized spacial score (nSPS) is 12.3. The number of nitrogens with zero attached hydrogens (tertiary/aromatic N) is 2. The van der Waals surface area contributed by atoms with Crippen LogP contribution in [0.2, 0.25) is 0 Å². The lowest BCUT2D eigenvalue weighted by Crippen LogP contribution is -2.19. The monoisotopic (exact) mass is 158 g/mol. The fourth-order valence-corrected chi connectivity index (χ4v) is 1.04. The van der Waals surface area contributed by atoms with E-state index in [1.807, 2.05) is 6.92 Å². The van der Waals surface area contributed by atoms with Gasteiger partial charge in [-0.1, -0.05) is 6.92 Å². The van der Waals surface area contributed by atoms with Gasteiger partial charge in [-0.15, -0.1) is 4.91 Å². The van der Waals surface area contributed by atoms with Gasteiger partial charge in [0.15, 0.2) is 0 Å². The van der Waals surface area contributed by atoms with Gasteiger partial charge >= 0.3 is 0 Å². The van der Waals surface area contributed by atoms with E-state index in [9.17, 15) is 9.70 Å². The molecule has 0 aliphatic rings.